The molecule has 104 valence electrons. The number of carbonyl (C=O) groups excluding carboxylic acids is 1. The van der Waals surface area contributed by atoms with Gasteiger partial charge in [0, 0.05) is 0 Å². The zero-order valence-electron chi connectivity index (χ0n) is 11.2. The quantitative estimate of drug-likeness (QED) is 0.660. The largest absolute Gasteiger partial charge is 0.469 e. The summed E-state index contributed by atoms with van der Waals surface area (Å²) in [6, 6.07) is 1.68. The number of hydrogen-bond donors (Lipinski definition) is 2. The summed E-state index contributed by atoms with van der Waals surface area (Å²) >= 11 is 5.21. The third-order valence-electron chi connectivity index (χ3n) is 3.89. The number of amides is 1. The number of thiocarbonyl (C=S) groups is 1. The lowest BCUT2D eigenvalue weighted by Crippen LogP contribution is -2.56. The summed E-state index contributed by atoms with van der Waals surface area (Å²) in [5.41, 5.74) is 5.92. The average Bonchev–Trinajstić information content (AvgIpc) is 2.64. The molecule has 0 spiro atoms. The maximum Gasteiger partial charge on any atom is 0.255 e. The van der Waals surface area contributed by atoms with E-state index in [0.717, 1.165) is 25.7 Å². The highest BCUT2D eigenvalue weighted by Gasteiger charge is 2.36. The summed E-state index contributed by atoms with van der Waals surface area (Å²) in [5.74, 6) is 0.463. The van der Waals surface area contributed by atoms with Crippen molar-refractivity contribution in [2.45, 2.75) is 51.0 Å². The van der Waals surface area contributed by atoms with E-state index in [1.165, 1.54) is 19.1 Å². The third kappa shape index (κ3) is 2.97. The molecule has 3 N–H and O–H groups in total. The van der Waals surface area contributed by atoms with Crippen molar-refractivity contribution in [1.82, 2.24) is 5.32 Å². The van der Waals surface area contributed by atoms with Gasteiger partial charge in [0.2, 0.25) is 0 Å². The van der Waals surface area contributed by atoms with Crippen LogP contribution >= 0.6 is 12.2 Å². The van der Waals surface area contributed by atoms with Gasteiger partial charge in [-0.05, 0) is 25.8 Å². The molecular weight excluding hydrogens is 260 g/mol. The topological polar surface area (TPSA) is 68.3 Å². The molecule has 0 radical (unpaired) electrons. The molecule has 1 saturated carbocycles. The first-order valence-corrected chi connectivity index (χ1v) is 7.12. The second-order valence-corrected chi connectivity index (χ2v) is 5.64. The Hall–Kier alpha value is -1.36. The van der Waals surface area contributed by atoms with Gasteiger partial charge in [-0.3, -0.25) is 4.79 Å². The van der Waals surface area contributed by atoms with Crippen LogP contribution in [0.1, 0.15) is 54.6 Å². The van der Waals surface area contributed by atoms with E-state index in [1.54, 1.807) is 13.0 Å². The minimum absolute atomic E-state index is 0.152. The number of furan rings is 1. The van der Waals surface area contributed by atoms with E-state index in [9.17, 15) is 4.79 Å². The lowest BCUT2D eigenvalue weighted by Gasteiger charge is -2.32. The fourth-order valence-electron chi connectivity index (χ4n) is 2.67. The number of nitrogens with one attached hydrogen (secondary N) is 1. The van der Waals surface area contributed by atoms with E-state index < -0.39 is 5.54 Å². The molecule has 1 aliphatic carbocycles. The fourth-order valence-corrected chi connectivity index (χ4v) is 2.93. The molecule has 0 unspecified atom stereocenters. The molecule has 2 rings (SSSR count). The molecule has 0 bridgehead atoms. The minimum atomic E-state index is -0.535. The Bertz CT molecular complexity index is 474. The molecule has 1 fully saturated rings. The molecule has 5 heteroatoms. The number of nitrogens with two attached hydrogens (primary N) is 1. The Morgan fingerprint density at radius 1 is 1.37 bits per heavy atom. The molecule has 1 aliphatic rings. The molecule has 1 heterocycles. The van der Waals surface area contributed by atoms with Crippen LogP contribution in [-0.4, -0.2) is 16.4 Å². The molecule has 19 heavy (non-hydrogen) atoms. The second kappa shape index (κ2) is 5.74. The SMILES string of the molecule is Cc1occc1C(=O)NC1(C(N)=S)CCCCCC1. The van der Waals surface area contributed by atoms with Crippen molar-refractivity contribution >= 4 is 23.1 Å². The molecule has 1 amide bonds. The molecule has 1 aromatic heterocycles. The monoisotopic (exact) mass is 280 g/mol. The van der Waals surface area contributed by atoms with Crippen LogP contribution in [0.25, 0.3) is 0 Å². The first-order chi connectivity index (χ1) is 9.05. The summed E-state index contributed by atoms with van der Waals surface area (Å²) in [4.78, 5) is 12.7. The van der Waals surface area contributed by atoms with Gasteiger partial charge in [0.15, 0.2) is 0 Å². The van der Waals surface area contributed by atoms with Gasteiger partial charge in [-0.1, -0.05) is 37.9 Å². The summed E-state index contributed by atoms with van der Waals surface area (Å²) in [6.07, 6.45) is 7.60. The van der Waals surface area contributed by atoms with Crippen molar-refractivity contribution in [3.63, 3.8) is 0 Å². The Morgan fingerprint density at radius 2 is 2.00 bits per heavy atom. The van der Waals surface area contributed by atoms with Crippen molar-refractivity contribution in [3.8, 4) is 0 Å². The molecule has 4 nitrogen and oxygen atoms in total. The van der Waals surface area contributed by atoms with Crippen LogP contribution in [-0.2, 0) is 0 Å². The van der Waals surface area contributed by atoms with E-state index in [0.29, 0.717) is 16.3 Å². The standard InChI is InChI=1S/C14H20N2O2S/c1-10-11(6-9-18-10)12(17)16-14(13(15)19)7-4-2-3-5-8-14/h6,9H,2-5,7-8H2,1H3,(H2,15,19)(H,16,17). The average molecular weight is 280 g/mol. The van der Waals surface area contributed by atoms with Gasteiger partial charge in [0.05, 0.1) is 22.4 Å². The molecule has 0 aliphatic heterocycles. The fraction of sp³-hybridized carbons (Fsp3) is 0.571. The van der Waals surface area contributed by atoms with Crippen molar-refractivity contribution in [1.29, 1.82) is 0 Å². The first-order valence-electron chi connectivity index (χ1n) is 6.72. The first kappa shape index (κ1) is 14.1. The third-order valence-corrected chi connectivity index (χ3v) is 4.28. The number of carbonyl (C=O) groups is 1. The summed E-state index contributed by atoms with van der Waals surface area (Å²) in [5, 5.41) is 3.05. The lowest BCUT2D eigenvalue weighted by molar-refractivity contribution is 0.0916. The van der Waals surface area contributed by atoms with Crippen molar-refractivity contribution in [2.24, 2.45) is 5.73 Å². The predicted octanol–water partition coefficient (Wildman–Crippen LogP) is 2.70. The van der Waals surface area contributed by atoms with Gasteiger partial charge < -0.3 is 15.5 Å². The van der Waals surface area contributed by atoms with Crippen LogP contribution in [0.15, 0.2) is 16.7 Å². The molecule has 0 atom stereocenters. The predicted molar refractivity (Wildman–Crippen MR) is 78.1 cm³/mol. The van der Waals surface area contributed by atoms with Gasteiger partial charge in [-0.25, -0.2) is 0 Å². The van der Waals surface area contributed by atoms with Crippen LogP contribution in [0.5, 0.6) is 0 Å². The van der Waals surface area contributed by atoms with Crippen LogP contribution in [0.3, 0.4) is 0 Å². The van der Waals surface area contributed by atoms with E-state index in [4.69, 9.17) is 22.4 Å². The van der Waals surface area contributed by atoms with E-state index >= 15 is 0 Å². The second-order valence-electron chi connectivity index (χ2n) is 5.21. The Labute approximate surface area is 118 Å². The number of hydrogen-bond acceptors (Lipinski definition) is 3. The maximum atomic E-state index is 12.3. The Balaban J connectivity index is 2.19. The van der Waals surface area contributed by atoms with Crippen LogP contribution in [0.4, 0.5) is 0 Å². The highest BCUT2D eigenvalue weighted by Crippen LogP contribution is 2.28. The summed E-state index contributed by atoms with van der Waals surface area (Å²) in [7, 11) is 0. The van der Waals surface area contributed by atoms with E-state index in [1.807, 2.05) is 0 Å². The Kier molecular flexibility index (Phi) is 4.24. The van der Waals surface area contributed by atoms with Gasteiger partial charge in [-0.15, -0.1) is 0 Å². The van der Waals surface area contributed by atoms with Gasteiger partial charge in [0.25, 0.3) is 5.91 Å². The molecule has 0 aromatic carbocycles. The van der Waals surface area contributed by atoms with Gasteiger partial charge >= 0.3 is 0 Å². The normalized spacial score (nSPS) is 18.6. The summed E-state index contributed by atoms with van der Waals surface area (Å²) in [6.45, 7) is 1.77. The van der Waals surface area contributed by atoms with Gasteiger partial charge in [0.1, 0.15) is 5.76 Å². The molecule has 1 aromatic rings. The lowest BCUT2D eigenvalue weighted by atomic mass is 9.89. The van der Waals surface area contributed by atoms with Crippen LogP contribution < -0.4 is 11.1 Å². The number of rotatable bonds is 3. The van der Waals surface area contributed by atoms with Crippen LogP contribution in [0, 0.1) is 6.92 Å². The van der Waals surface area contributed by atoms with Gasteiger partial charge in [-0.2, -0.15) is 0 Å². The van der Waals surface area contributed by atoms with Crippen LogP contribution in [0.2, 0.25) is 0 Å². The maximum absolute atomic E-state index is 12.3. The van der Waals surface area contributed by atoms with Crippen molar-refractivity contribution in [2.75, 3.05) is 0 Å². The zero-order chi connectivity index (χ0) is 13.9. The molecular formula is C14H20N2O2S. The smallest absolute Gasteiger partial charge is 0.255 e. The van der Waals surface area contributed by atoms with Crippen molar-refractivity contribution < 1.29 is 9.21 Å². The van der Waals surface area contributed by atoms with Crippen molar-refractivity contribution in [3.05, 3.63) is 23.7 Å². The highest BCUT2D eigenvalue weighted by molar-refractivity contribution is 7.80. The summed E-state index contributed by atoms with van der Waals surface area (Å²) < 4.78 is 5.17. The minimum Gasteiger partial charge on any atom is -0.469 e. The molecule has 0 saturated heterocycles. The highest BCUT2D eigenvalue weighted by atomic mass is 32.1. The Morgan fingerprint density at radius 3 is 2.47 bits per heavy atom. The van der Waals surface area contributed by atoms with E-state index in [2.05, 4.69) is 5.32 Å². The van der Waals surface area contributed by atoms with E-state index in [-0.39, 0.29) is 5.91 Å². The zero-order valence-corrected chi connectivity index (χ0v) is 12.0. The number of aryl methyl sites for hydroxylation is 1.